The van der Waals surface area contributed by atoms with Gasteiger partial charge >= 0.3 is 0 Å². The fourth-order valence-corrected chi connectivity index (χ4v) is 2.12. The van der Waals surface area contributed by atoms with Crippen LogP contribution in [0.4, 0.5) is 0 Å². The summed E-state index contributed by atoms with van der Waals surface area (Å²) in [5.74, 6) is 1.36. The van der Waals surface area contributed by atoms with Crippen molar-refractivity contribution < 1.29 is 14.6 Å². The molecule has 2 rings (SSSR count). The number of para-hydroxylation sites is 1. The monoisotopic (exact) mass is 287 g/mol. The second-order valence-electron chi connectivity index (χ2n) is 4.87. The summed E-state index contributed by atoms with van der Waals surface area (Å²) in [6.07, 6.45) is 0.540. The van der Waals surface area contributed by atoms with Gasteiger partial charge in [0.15, 0.2) is 11.5 Å². The Morgan fingerprint density at radius 2 is 1.86 bits per heavy atom. The quantitative estimate of drug-likeness (QED) is 0.819. The Morgan fingerprint density at radius 3 is 2.52 bits per heavy atom. The van der Waals surface area contributed by atoms with Crippen molar-refractivity contribution in [2.24, 2.45) is 5.73 Å². The van der Waals surface area contributed by atoms with Gasteiger partial charge in [-0.1, -0.05) is 42.5 Å². The highest BCUT2D eigenvalue weighted by molar-refractivity contribution is 5.47. The van der Waals surface area contributed by atoms with Crippen LogP contribution in [0.2, 0.25) is 0 Å². The average molecular weight is 287 g/mol. The van der Waals surface area contributed by atoms with E-state index in [-0.39, 0.29) is 12.6 Å². The number of aliphatic hydroxyl groups excluding tert-OH is 1. The maximum absolute atomic E-state index is 9.12. The van der Waals surface area contributed by atoms with E-state index in [4.69, 9.17) is 20.3 Å². The number of ether oxygens (including phenoxy) is 2. The van der Waals surface area contributed by atoms with E-state index in [1.807, 2.05) is 48.5 Å². The average Bonchev–Trinajstić information content (AvgIpc) is 2.54. The number of hydrogen-bond donors (Lipinski definition) is 2. The topological polar surface area (TPSA) is 64.7 Å². The first-order chi connectivity index (χ1) is 10.2. The van der Waals surface area contributed by atoms with Crippen molar-refractivity contribution in [1.29, 1.82) is 0 Å². The van der Waals surface area contributed by atoms with E-state index in [1.165, 1.54) is 0 Å². The molecule has 0 aliphatic heterocycles. The van der Waals surface area contributed by atoms with Crippen molar-refractivity contribution in [2.75, 3.05) is 13.7 Å². The van der Waals surface area contributed by atoms with Gasteiger partial charge in [-0.3, -0.25) is 0 Å². The first-order valence-corrected chi connectivity index (χ1v) is 6.93. The summed E-state index contributed by atoms with van der Waals surface area (Å²) in [5, 5.41) is 9.12. The van der Waals surface area contributed by atoms with Crippen LogP contribution < -0.4 is 15.2 Å². The Hall–Kier alpha value is -2.04. The van der Waals surface area contributed by atoms with Crippen LogP contribution >= 0.6 is 0 Å². The fourth-order valence-electron chi connectivity index (χ4n) is 2.12. The molecule has 112 valence electrons. The number of aliphatic hydroxyl groups is 1. The normalized spacial score (nSPS) is 12.0. The maximum Gasteiger partial charge on any atom is 0.164 e. The highest BCUT2D eigenvalue weighted by atomic mass is 16.5. The van der Waals surface area contributed by atoms with Gasteiger partial charge in [-0.2, -0.15) is 0 Å². The molecule has 0 aliphatic carbocycles. The minimum absolute atomic E-state index is 0.0602. The van der Waals surface area contributed by atoms with Gasteiger partial charge in [-0.25, -0.2) is 0 Å². The molecular weight excluding hydrogens is 266 g/mol. The van der Waals surface area contributed by atoms with Crippen LogP contribution in [0.1, 0.15) is 11.1 Å². The number of nitrogens with two attached hydrogens (primary N) is 1. The molecule has 3 N–H and O–H groups in total. The lowest BCUT2D eigenvalue weighted by Gasteiger charge is -2.17. The van der Waals surface area contributed by atoms with E-state index in [0.29, 0.717) is 24.5 Å². The third-order valence-corrected chi connectivity index (χ3v) is 3.22. The van der Waals surface area contributed by atoms with Crippen molar-refractivity contribution in [3.8, 4) is 11.5 Å². The number of benzene rings is 2. The van der Waals surface area contributed by atoms with Gasteiger partial charge in [0.2, 0.25) is 0 Å². The SMILES string of the molecule is COc1cccc(CC(N)CO)c1OCc1ccccc1. The lowest BCUT2D eigenvalue weighted by atomic mass is 10.1. The summed E-state index contributed by atoms with van der Waals surface area (Å²) in [6, 6.07) is 15.3. The molecule has 0 radical (unpaired) electrons. The molecular formula is C17H21NO3. The lowest BCUT2D eigenvalue weighted by Crippen LogP contribution is -2.27. The van der Waals surface area contributed by atoms with E-state index in [1.54, 1.807) is 7.11 Å². The van der Waals surface area contributed by atoms with Crippen LogP contribution in [-0.2, 0) is 13.0 Å². The van der Waals surface area contributed by atoms with Gasteiger partial charge in [0.05, 0.1) is 13.7 Å². The Kier molecular flexibility index (Phi) is 5.60. The van der Waals surface area contributed by atoms with Gasteiger partial charge in [0.1, 0.15) is 6.61 Å². The van der Waals surface area contributed by atoms with E-state index in [2.05, 4.69) is 0 Å². The predicted molar refractivity (Wildman–Crippen MR) is 82.5 cm³/mol. The van der Waals surface area contributed by atoms with Crippen LogP contribution in [0.25, 0.3) is 0 Å². The van der Waals surface area contributed by atoms with Crippen molar-refractivity contribution in [3.05, 3.63) is 59.7 Å². The van der Waals surface area contributed by atoms with E-state index in [9.17, 15) is 0 Å². The standard InChI is InChI=1S/C17H21NO3/c1-20-16-9-5-8-14(10-15(18)11-19)17(16)21-12-13-6-3-2-4-7-13/h2-9,15,19H,10-12,18H2,1H3. The molecule has 21 heavy (non-hydrogen) atoms. The molecule has 2 aromatic rings. The van der Waals surface area contributed by atoms with Crippen LogP contribution in [0.3, 0.4) is 0 Å². The zero-order valence-electron chi connectivity index (χ0n) is 12.2. The molecule has 0 saturated carbocycles. The van der Waals surface area contributed by atoms with Crippen molar-refractivity contribution in [1.82, 2.24) is 0 Å². The number of methoxy groups -OCH3 is 1. The predicted octanol–water partition coefficient (Wildman–Crippen LogP) is 2.14. The first kappa shape index (κ1) is 15.4. The zero-order valence-corrected chi connectivity index (χ0v) is 12.2. The Balaban J connectivity index is 2.18. The minimum Gasteiger partial charge on any atom is -0.493 e. The van der Waals surface area contributed by atoms with Gasteiger partial charge in [0.25, 0.3) is 0 Å². The van der Waals surface area contributed by atoms with Gasteiger partial charge in [0, 0.05) is 6.04 Å². The third kappa shape index (κ3) is 4.21. The van der Waals surface area contributed by atoms with Crippen molar-refractivity contribution >= 4 is 0 Å². The number of hydrogen-bond acceptors (Lipinski definition) is 4. The van der Waals surface area contributed by atoms with Gasteiger partial charge in [-0.15, -0.1) is 0 Å². The molecule has 0 bridgehead atoms. The molecule has 0 saturated heterocycles. The Bertz CT molecular complexity index is 557. The van der Waals surface area contributed by atoms with Crippen LogP contribution in [0.5, 0.6) is 11.5 Å². The molecule has 1 unspecified atom stereocenters. The van der Waals surface area contributed by atoms with E-state index < -0.39 is 0 Å². The van der Waals surface area contributed by atoms with Gasteiger partial charge in [-0.05, 0) is 23.6 Å². The third-order valence-electron chi connectivity index (χ3n) is 3.22. The molecule has 4 heteroatoms. The summed E-state index contributed by atoms with van der Waals surface area (Å²) >= 11 is 0. The van der Waals surface area contributed by atoms with Crippen LogP contribution in [-0.4, -0.2) is 24.9 Å². The molecule has 0 aromatic heterocycles. The second-order valence-corrected chi connectivity index (χ2v) is 4.87. The fraction of sp³-hybridized carbons (Fsp3) is 0.294. The summed E-state index contributed by atoms with van der Waals surface area (Å²) in [4.78, 5) is 0. The molecule has 0 fully saturated rings. The molecule has 1 atom stereocenters. The summed E-state index contributed by atoms with van der Waals surface area (Å²) in [7, 11) is 1.61. The molecule has 4 nitrogen and oxygen atoms in total. The molecule has 0 aliphatic rings. The minimum atomic E-state index is -0.309. The first-order valence-electron chi connectivity index (χ1n) is 6.93. The van der Waals surface area contributed by atoms with Crippen LogP contribution in [0, 0.1) is 0 Å². The maximum atomic E-state index is 9.12. The molecule has 0 amide bonds. The lowest BCUT2D eigenvalue weighted by molar-refractivity contribution is 0.259. The molecule has 0 heterocycles. The van der Waals surface area contributed by atoms with Gasteiger partial charge < -0.3 is 20.3 Å². The zero-order chi connectivity index (χ0) is 15.1. The highest BCUT2D eigenvalue weighted by Gasteiger charge is 2.13. The van der Waals surface area contributed by atoms with E-state index in [0.717, 1.165) is 11.1 Å². The second kappa shape index (κ2) is 7.67. The van der Waals surface area contributed by atoms with Crippen LogP contribution in [0.15, 0.2) is 48.5 Å². The number of rotatable bonds is 7. The van der Waals surface area contributed by atoms with Crippen molar-refractivity contribution in [2.45, 2.75) is 19.1 Å². The van der Waals surface area contributed by atoms with Crippen molar-refractivity contribution in [3.63, 3.8) is 0 Å². The summed E-state index contributed by atoms with van der Waals surface area (Å²) in [5.41, 5.74) is 7.85. The Labute approximate surface area is 125 Å². The molecule has 0 spiro atoms. The highest BCUT2D eigenvalue weighted by Crippen LogP contribution is 2.32. The smallest absolute Gasteiger partial charge is 0.164 e. The summed E-state index contributed by atoms with van der Waals surface area (Å²) in [6.45, 7) is 0.401. The largest absolute Gasteiger partial charge is 0.493 e. The molecule has 2 aromatic carbocycles. The Morgan fingerprint density at radius 1 is 1.10 bits per heavy atom. The van der Waals surface area contributed by atoms with E-state index >= 15 is 0 Å². The summed E-state index contributed by atoms with van der Waals surface area (Å²) < 4.78 is 11.3.